The molecule has 4 nitrogen and oxygen atoms in total. The second kappa shape index (κ2) is 13.7. The highest BCUT2D eigenvalue weighted by Crippen LogP contribution is 2.52. The van der Waals surface area contributed by atoms with Crippen LogP contribution in [0.3, 0.4) is 0 Å². The number of fused-ring (bicyclic) bond motifs is 6. The fourth-order valence-corrected chi connectivity index (χ4v) is 11.2. The highest BCUT2D eigenvalue weighted by Gasteiger charge is 2.53. The molecule has 8 aromatic carbocycles. The molecule has 8 aromatic rings. The van der Waals surface area contributed by atoms with Gasteiger partial charge in [-0.15, -0.1) is 0 Å². The Balaban J connectivity index is 1.19. The Bertz CT molecular complexity index is 2500. The summed E-state index contributed by atoms with van der Waals surface area (Å²) < 4.78 is 0. The Morgan fingerprint density at radius 2 is 0.483 bits per heavy atom. The topological polar surface area (TPSA) is 13.0 Å². The molecule has 2 heterocycles. The maximum atomic E-state index is 2.81. The molecule has 58 heavy (non-hydrogen) atoms. The zero-order chi connectivity index (χ0) is 38.2. The Hall–Kier alpha value is -6.26. The average Bonchev–Trinajstić information content (AvgIpc) is 3.81. The molecule has 0 aromatic heterocycles. The third kappa shape index (κ3) is 5.41. The number of hydrogen-bond acceptors (Lipinski definition) is 4. The number of hydrogen-bond donors (Lipinski definition) is 0. The van der Waals surface area contributed by atoms with Crippen LogP contribution in [0.25, 0.3) is 43.1 Å². The molecule has 0 N–H and O–H groups in total. The van der Waals surface area contributed by atoms with Gasteiger partial charge in [-0.25, -0.2) is 0 Å². The highest BCUT2D eigenvalue weighted by molar-refractivity contribution is 5.92. The van der Waals surface area contributed by atoms with E-state index in [0.717, 1.165) is 25.7 Å². The van der Waals surface area contributed by atoms with Crippen LogP contribution in [0.2, 0.25) is 0 Å². The Kier molecular flexibility index (Phi) is 7.99. The SMILES string of the molecule is c1ccc2cc(N3C(=C4N(c5ccc6ccccc6c5)C5CCCCC5N4c4ccc5ccccc5c4)N(c4ccc5ccccc5c4)C4CCCCC43)ccc2c1. The fourth-order valence-electron chi connectivity index (χ4n) is 11.2. The third-order valence-corrected chi connectivity index (χ3v) is 13.9. The van der Waals surface area contributed by atoms with Crippen molar-refractivity contribution in [3.8, 4) is 0 Å². The minimum atomic E-state index is 0.336. The minimum absolute atomic E-state index is 0.336. The molecule has 2 saturated heterocycles. The van der Waals surface area contributed by atoms with Crippen LogP contribution in [0.5, 0.6) is 0 Å². The largest absolute Gasteiger partial charge is 0.320 e. The quantitative estimate of drug-likeness (QED) is 0.177. The van der Waals surface area contributed by atoms with E-state index in [2.05, 4.69) is 189 Å². The van der Waals surface area contributed by atoms with Gasteiger partial charge in [0.1, 0.15) is 0 Å². The monoisotopic (exact) mass is 752 g/mol. The van der Waals surface area contributed by atoms with Crippen molar-refractivity contribution in [3.05, 3.63) is 182 Å². The first-order chi connectivity index (χ1) is 28.8. The maximum Gasteiger partial charge on any atom is 0.156 e. The summed E-state index contributed by atoms with van der Waals surface area (Å²) in [5.41, 5.74) is 5.14. The van der Waals surface area contributed by atoms with Crippen molar-refractivity contribution < 1.29 is 0 Å². The number of benzene rings is 8. The molecular weight excluding hydrogens is 705 g/mol. The molecule has 0 radical (unpaired) electrons. The first-order valence-electron chi connectivity index (χ1n) is 21.6. The third-order valence-electron chi connectivity index (χ3n) is 13.9. The summed E-state index contributed by atoms with van der Waals surface area (Å²) in [7, 11) is 0. The second-order valence-electron chi connectivity index (χ2n) is 17.1. The summed E-state index contributed by atoms with van der Waals surface area (Å²) in [4.78, 5) is 11.2. The Morgan fingerprint density at radius 3 is 0.724 bits per heavy atom. The Labute approximate surface area is 341 Å². The molecule has 12 rings (SSSR count). The van der Waals surface area contributed by atoms with Crippen LogP contribution in [0, 0.1) is 0 Å². The summed E-state index contributed by atoms with van der Waals surface area (Å²) in [5, 5.41) is 10.3. The van der Waals surface area contributed by atoms with Gasteiger partial charge in [0.15, 0.2) is 11.6 Å². The molecule has 4 fully saturated rings. The summed E-state index contributed by atoms with van der Waals surface area (Å²) in [6, 6.07) is 65.7. The zero-order valence-corrected chi connectivity index (χ0v) is 32.9. The van der Waals surface area contributed by atoms with Crippen LogP contribution in [0.15, 0.2) is 182 Å². The standard InChI is InChI=1S/C54H48N4/c1-5-17-41-33-45(29-25-37(41)13-1)55-49-21-9-10-22-50(49)56(46-30-26-38-14-2-6-18-42(38)34-46)53(55)54-57(47-31-27-39-15-3-7-19-43(39)35-47)51-23-11-12-24-52(51)58(54)48-32-28-40-16-4-8-20-44(40)36-48/h1-8,13-20,25-36,49-52H,9-12,21-24H2. The van der Waals surface area contributed by atoms with Crippen LogP contribution in [-0.4, -0.2) is 24.2 Å². The molecule has 4 heteroatoms. The van der Waals surface area contributed by atoms with Gasteiger partial charge in [0.05, 0.1) is 24.2 Å². The molecule has 0 bridgehead atoms. The van der Waals surface area contributed by atoms with Crippen LogP contribution >= 0.6 is 0 Å². The van der Waals surface area contributed by atoms with Crippen molar-refractivity contribution in [2.45, 2.75) is 75.5 Å². The predicted molar refractivity (Wildman–Crippen MR) is 245 cm³/mol. The summed E-state index contributed by atoms with van der Waals surface area (Å²) >= 11 is 0. The van der Waals surface area contributed by atoms with E-state index in [9.17, 15) is 0 Å². The van der Waals surface area contributed by atoms with Gasteiger partial charge < -0.3 is 19.6 Å². The molecule has 0 amide bonds. The molecule has 284 valence electrons. The minimum Gasteiger partial charge on any atom is -0.320 e. The van der Waals surface area contributed by atoms with Gasteiger partial charge in [0.25, 0.3) is 0 Å². The molecular formula is C54H48N4. The van der Waals surface area contributed by atoms with Crippen LogP contribution < -0.4 is 19.6 Å². The first-order valence-corrected chi connectivity index (χ1v) is 21.6. The lowest BCUT2D eigenvalue weighted by Crippen LogP contribution is -2.40. The zero-order valence-electron chi connectivity index (χ0n) is 32.9. The van der Waals surface area contributed by atoms with Crippen molar-refractivity contribution in [1.29, 1.82) is 0 Å². The Morgan fingerprint density at radius 1 is 0.259 bits per heavy atom. The fraction of sp³-hybridized carbons (Fsp3) is 0.222. The average molecular weight is 753 g/mol. The van der Waals surface area contributed by atoms with Crippen molar-refractivity contribution in [2.75, 3.05) is 19.6 Å². The van der Waals surface area contributed by atoms with Crippen molar-refractivity contribution in [2.24, 2.45) is 0 Å². The van der Waals surface area contributed by atoms with E-state index in [1.54, 1.807) is 0 Å². The van der Waals surface area contributed by atoms with E-state index in [1.807, 2.05) is 0 Å². The van der Waals surface area contributed by atoms with Crippen molar-refractivity contribution >= 4 is 65.8 Å². The summed E-state index contributed by atoms with van der Waals surface area (Å²) in [5.74, 6) is 2.64. The van der Waals surface area contributed by atoms with E-state index < -0.39 is 0 Å². The van der Waals surface area contributed by atoms with E-state index >= 15 is 0 Å². The summed E-state index contributed by atoms with van der Waals surface area (Å²) in [6.07, 6.45) is 9.63. The normalized spacial score (nSPS) is 22.1. The number of rotatable bonds is 4. The van der Waals surface area contributed by atoms with E-state index in [0.29, 0.717) is 24.2 Å². The number of nitrogens with zero attached hydrogens (tertiary/aromatic N) is 4. The molecule has 2 aliphatic heterocycles. The van der Waals surface area contributed by atoms with Crippen LogP contribution in [0.1, 0.15) is 51.4 Å². The summed E-state index contributed by atoms with van der Waals surface area (Å²) in [6.45, 7) is 0. The highest BCUT2D eigenvalue weighted by atomic mass is 15.5. The predicted octanol–water partition coefficient (Wildman–Crippen LogP) is 13.4. The van der Waals surface area contributed by atoms with Crippen LogP contribution in [0.4, 0.5) is 22.7 Å². The lowest BCUT2D eigenvalue weighted by atomic mass is 9.89. The lowest BCUT2D eigenvalue weighted by Gasteiger charge is -2.36. The number of anilines is 4. The molecule has 4 unspecified atom stereocenters. The van der Waals surface area contributed by atoms with Gasteiger partial charge in [0.2, 0.25) is 0 Å². The van der Waals surface area contributed by atoms with Gasteiger partial charge in [-0.2, -0.15) is 0 Å². The van der Waals surface area contributed by atoms with Gasteiger partial charge in [0, 0.05) is 22.7 Å². The van der Waals surface area contributed by atoms with Gasteiger partial charge in [-0.05, 0) is 117 Å². The van der Waals surface area contributed by atoms with E-state index in [-0.39, 0.29) is 0 Å². The second-order valence-corrected chi connectivity index (χ2v) is 17.1. The van der Waals surface area contributed by atoms with Gasteiger partial charge >= 0.3 is 0 Å². The maximum absolute atomic E-state index is 2.81. The molecule has 4 atom stereocenters. The molecule has 0 spiro atoms. The van der Waals surface area contributed by atoms with E-state index in [4.69, 9.17) is 0 Å². The van der Waals surface area contributed by atoms with E-state index in [1.165, 1.54) is 103 Å². The van der Waals surface area contributed by atoms with Crippen LogP contribution in [-0.2, 0) is 0 Å². The molecule has 4 aliphatic rings. The lowest BCUT2D eigenvalue weighted by molar-refractivity contribution is 0.409. The smallest absolute Gasteiger partial charge is 0.156 e. The molecule has 2 saturated carbocycles. The first kappa shape index (κ1) is 33.8. The molecule has 2 aliphatic carbocycles. The van der Waals surface area contributed by atoms with Gasteiger partial charge in [-0.3, -0.25) is 0 Å². The van der Waals surface area contributed by atoms with Crippen molar-refractivity contribution in [3.63, 3.8) is 0 Å². The van der Waals surface area contributed by atoms with Gasteiger partial charge in [-0.1, -0.05) is 147 Å². The van der Waals surface area contributed by atoms with Crippen molar-refractivity contribution in [1.82, 2.24) is 0 Å².